The number of carbonyl (C=O) groups excluding carboxylic acids is 4. The lowest BCUT2D eigenvalue weighted by molar-refractivity contribution is -0.147. The van der Waals surface area contributed by atoms with Gasteiger partial charge in [0.25, 0.3) is 11.8 Å². The Kier molecular flexibility index (Phi) is 8.22. The first kappa shape index (κ1) is 25.2. The molecule has 0 bridgehead atoms. The number of benzene rings is 1. The quantitative estimate of drug-likeness (QED) is 0.509. The highest BCUT2D eigenvalue weighted by molar-refractivity contribution is 7.15. The van der Waals surface area contributed by atoms with Crippen LogP contribution in [-0.2, 0) is 25.5 Å². The third-order valence-corrected chi connectivity index (χ3v) is 6.12. The molecule has 0 spiro atoms. The van der Waals surface area contributed by atoms with E-state index in [4.69, 9.17) is 9.47 Å². The minimum atomic E-state index is -0.621. The molecular formula is C25H28N2O6S. The van der Waals surface area contributed by atoms with Crippen molar-refractivity contribution >= 4 is 45.8 Å². The largest absolute Gasteiger partial charge is 0.462 e. The van der Waals surface area contributed by atoms with Crippen LogP contribution in [0.2, 0.25) is 0 Å². The Morgan fingerprint density at radius 2 is 1.85 bits per heavy atom. The number of rotatable bonds is 10. The van der Waals surface area contributed by atoms with Gasteiger partial charge in [-0.05, 0) is 36.3 Å². The number of ether oxygens (including phenoxy) is 2. The Morgan fingerprint density at radius 3 is 2.50 bits per heavy atom. The second kappa shape index (κ2) is 11.1. The summed E-state index contributed by atoms with van der Waals surface area (Å²) in [4.78, 5) is 50.9. The van der Waals surface area contributed by atoms with Crippen LogP contribution in [0.15, 0.2) is 36.2 Å². The van der Waals surface area contributed by atoms with E-state index in [2.05, 4.69) is 11.9 Å². The zero-order valence-electron chi connectivity index (χ0n) is 19.5. The van der Waals surface area contributed by atoms with Gasteiger partial charge in [0.05, 0.1) is 18.6 Å². The number of nitrogens with zero attached hydrogens (tertiary/aromatic N) is 1. The standard InChI is InChI=1S/C25H28N2O6S/c1-5-32-25(31)22-17(12-15(2)3)14-34-23(22)26-20(28)13-33-21(29)10-11-27-16(4)18-8-6-7-9-19(18)24(27)30/h6-9,14-15H,4-5,10-13H2,1-3H3,(H,26,28). The van der Waals surface area contributed by atoms with Gasteiger partial charge in [0.1, 0.15) is 5.00 Å². The van der Waals surface area contributed by atoms with Gasteiger partial charge in [0, 0.05) is 23.4 Å². The Balaban J connectivity index is 1.53. The smallest absolute Gasteiger partial charge is 0.341 e. The molecule has 2 aromatic rings. The minimum absolute atomic E-state index is 0.0857. The first-order valence-electron chi connectivity index (χ1n) is 11.1. The molecule has 0 atom stereocenters. The van der Waals surface area contributed by atoms with Crippen molar-refractivity contribution in [2.45, 2.75) is 33.6 Å². The maximum atomic E-state index is 12.5. The summed E-state index contributed by atoms with van der Waals surface area (Å²) in [5.41, 5.74) is 2.97. The van der Waals surface area contributed by atoms with E-state index in [0.29, 0.717) is 34.2 Å². The second-order valence-electron chi connectivity index (χ2n) is 8.19. The van der Waals surface area contributed by atoms with E-state index >= 15 is 0 Å². The first-order chi connectivity index (χ1) is 16.2. The zero-order chi connectivity index (χ0) is 24.8. The number of fused-ring (bicyclic) bond motifs is 1. The van der Waals surface area contributed by atoms with Gasteiger partial charge in [-0.1, -0.05) is 38.6 Å². The van der Waals surface area contributed by atoms with Gasteiger partial charge in [-0.15, -0.1) is 11.3 Å². The summed E-state index contributed by atoms with van der Waals surface area (Å²) in [6.07, 6.45) is 0.581. The number of thiophene rings is 1. The van der Waals surface area contributed by atoms with Crippen LogP contribution in [-0.4, -0.2) is 48.4 Å². The zero-order valence-corrected chi connectivity index (χ0v) is 20.3. The number of esters is 2. The molecule has 3 rings (SSSR count). The Morgan fingerprint density at radius 1 is 1.15 bits per heavy atom. The van der Waals surface area contributed by atoms with E-state index < -0.39 is 24.5 Å². The van der Waals surface area contributed by atoms with Crippen molar-refractivity contribution in [3.63, 3.8) is 0 Å². The summed E-state index contributed by atoms with van der Waals surface area (Å²) < 4.78 is 10.2. The third-order valence-electron chi connectivity index (χ3n) is 5.17. The molecule has 1 N–H and O–H groups in total. The maximum absolute atomic E-state index is 12.5. The van der Waals surface area contributed by atoms with Crippen molar-refractivity contribution in [3.05, 3.63) is 58.5 Å². The van der Waals surface area contributed by atoms with Crippen molar-refractivity contribution in [1.29, 1.82) is 0 Å². The van der Waals surface area contributed by atoms with Crippen LogP contribution in [0.1, 0.15) is 59.0 Å². The van der Waals surface area contributed by atoms with Gasteiger partial charge >= 0.3 is 11.9 Å². The average molecular weight is 485 g/mol. The van der Waals surface area contributed by atoms with Crippen molar-refractivity contribution < 1.29 is 28.7 Å². The maximum Gasteiger partial charge on any atom is 0.341 e. The Hall–Kier alpha value is -3.46. The number of hydrogen-bond acceptors (Lipinski definition) is 7. The predicted octanol–water partition coefficient (Wildman–Crippen LogP) is 4.12. The number of anilines is 1. The van der Waals surface area contributed by atoms with E-state index in [1.54, 1.807) is 25.1 Å². The van der Waals surface area contributed by atoms with E-state index in [0.717, 1.165) is 11.1 Å². The molecule has 34 heavy (non-hydrogen) atoms. The molecule has 2 heterocycles. The SMILES string of the molecule is C=C1c2ccccc2C(=O)N1CCC(=O)OCC(=O)Nc1scc(CC(C)C)c1C(=O)OCC. The summed E-state index contributed by atoms with van der Waals surface area (Å²) in [7, 11) is 0. The highest BCUT2D eigenvalue weighted by atomic mass is 32.1. The van der Waals surface area contributed by atoms with Gasteiger partial charge in [-0.2, -0.15) is 0 Å². The molecule has 1 aliphatic heterocycles. The summed E-state index contributed by atoms with van der Waals surface area (Å²) in [5.74, 6) is -1.58. The van der Waals surface area contributed by atoms with Crippen LogP contribution in [0.3, 0.4) is 0 Å². The first-order valence-corrected chi connectivity index (χ1v) is 11.9. The molecule has 0 saturated carbocycles. The number of amides is 2. The molecule has 9 heteroatoms. The van der Waals surface area contributed by atoms with Crippen LogP contribution in [0, 0.1) is 5.92 Å². The second-order valence-corrected chi connectivity index (χ2v) is 9.07. The van der Waals surface area contributed by atoms with E-state index in [1.807, 2.05) is 25.3 Å². The normalized spacial score (nSPS) is 12.6. The summed E-state index contributed by atoms with van der Waals surface area (Å²) in [6.45, 7) is 9.54. The van der Waals surface area contributed by atoms with Crippen LogP contribution in [0.25, 0.3) is 5.70 Å². The molecule has 0 saturated heterocycles. The monoisotopic (exact) mass is 484 g/mol. The number of nitrogens with one attached hydrogen (secondary N) is 1. The van der Waals surface area contributed by atoms with Crippen molar-refractivity contribution in [1.82, 2.24) is 4.90 Å². The fourth-order valence-electron chi connectivity index (χ4n) is 3.66. The molecule has 180 valence electrons. The van der Waals surface area contributed by atoms with Gasteiger partial charge in [-0.3, -0.25) is 14.4 Å². The van der Waals surface area contributed by atoms with E-state index in [-0.39, 0.29) is 25.5 Å². The molecule has 1 aliphatic rings. The lowest BCUT2D eigenvalue weighted by Gasteiger charge is -2.16. The van der Waals surface area contributed by atoms with Crippen molar-refractivity contribution in [2.75, 3.05) is 25.1 Å². The molecule has 0 radical (unpaired) electrons. The van der Waals surface area contributed by atoms with E-state index in [1.165, 1.54) is 16.2 Å². The summed E-state index contributed by atoms with van der Waals surface area (Å²) in [6, 6.07) is 7.11. The minimum Gasteiger partial charge on any atom is -0.462 e. The van der Waals surface area contributed by atoms with Crippen molar-refractivity contribution in [2.24, 2.45) is 5.92 Å². The fraction of sp³-hybridized carbons (Fsp3) is 0.360. The van der Waals surface area contributed by atoms with Crippen LogP contribution < -0.4 is 5.32 Å². The van der Waals surface area contributed by atoms with Crippen LogP contribution in [0.4, 0.5) is 5.00 Å². The van der Waals surface area contributed by atoms with Gasteiger partial charge < -0.3 is 19.7 Å². The molecule has 0 aliphatic carbocycles. The summed E-state index contributed by atoms with van der Waals surface area (Å²) in [5, 5.41) is 4.84. The van der Waals surface area contributed by atoms with Gasteiger partial charge in [0.15, 0.2) is 6.61 Å². The molecule has 1 aromatic carbocycles. The molecular weight excluding hydrogens is 456 g/mol. The highest BCUT2D eigenvalue weighted by Gasteiger charge is 2.30. The lowest BCUT2D eigenvalue weighted by Crippen LogP contribution is -2.27. The summed E-state index contributed by atoms with van der Waals surface area (Å²) >= 11 is 1.23. The lowest BCUT2D eigenvalue weighted by atomic mass is 10.0. The molecule has 0 fully saturated rings. The predicted molar refractivity (Wildman–Crippen MR) is 130 cm³/mol. The third kappa shape index (κ3) is 5.72. The fourth-order valence-corrected chi connectivity index (χ4v) is 4.64. The number of hydrogen-bond donors (Lipinski definition) is 1. The Bertz CT molecular complexity index is 1090. The molecule has 1 aromatic heterocycles. The van der Waals surface area contributed by atoms with Crippen LogP contribution in [0.5, 0.6) is 0 Å². The van der Waals surface area contributed by atoms with Crippen molar-refractivity contribution in [3.8, 4) is 0 Å². The van der Waals surface area contributed by atoms with Gasteiger partial charge in [-0.25, -0.2) is 4.79 Å². The topological polar surface area (TPSA) is 102 Å². The van der Waals surface area contributed by atoms with Gasteiger partial charge in [0.2, 0.25) is 0 Å². The number of carbonyl (C=O) groups is 4. The average Bonchev–Trinajstić information content (AvgIpc) is 3.29. The van der Waals surface area contributed by atoms with E-state index in [9.17, 15) is 19.2 Å². The highest BCUT2D eigenvalue weighted by Crippen LogP contribution is 2.32. The molecule has 2 amide bonds. The van der Waals surface area contributed by atoms with Crippen LogP contribution >= 0.6 is 11.3 Å². The molecule has 8 nitrogen and oxygen atoms in total. The Labute approximate surface area is 202 Å². The molecule has 0 unspecified atom stereocenters.